The lowest BCUT2D eigenvalue weighted by atomic mass is 9.77. The van der Waals surface area contributed by atoms with Crippen LogP contribution in [0.15, 0.2) is 11.0 Å². The molecular weight excluding hydrogens is 357 g/mol. The molecule has 2 atom stereocenters. The highest BCUT2D eigenvalue weighted by Gasteiger charge is 2.45. The van der Waals surface area contributed by atoms with Gasteiger partial charge in [0.1, 0.15) is 14.8 Å². The molecule has 1 aromatic rings. The SMILES string of the molecule is CC1CCCC(NS(=O)(=O)c2cc(Cl)sc2Cl)(C(=O)O)C1. The molecule has 1 aliphatic carbocycles. The van der Waals surface area contributed by atoms with E-state index in [1.165, 1.54) is 6.07 Å². The Morgan fingerprint density at radius 2 is 2.19 bits per heavy atom. The quantitative estimate of drug-likeness (QED) is 0.849. The minimum atomic E-state index is -4.03. The first-order valence-electron chi connectivity index (χ1n) is 6.38. The van der Waals surface area contributed by atoms with Gasteiger partial charge in [-0.2, -0.15) is 4.72 Å². The van der Waals surface area contributed by atoms with Crippen LogP contribution in [-0.2, 0) is 14.8 Å². The topological polar surface area (TPSA) is 83.5 Å². The predicted octanol–water partition coefficient (Wildman–Crippen LogP) is 3.37. The van der Waals surface area contributed by atoms with Gasteiger partial charge < -0.3 is 5.11 Å². The van der Waals surface area contributed by atoms with Gasteiger partial charge in [0.05, 0.1) is 4.34 Å². The summed E-state index contributed by atoms with van der Waals surface area (Å²) in [5.74, 6) is -1.02. The summed E-state index contributed by atoms with van der Waals surface area (Å²) in [7, 11) is -4.03. The van der Waals surface area contributed by atoms with Crippen molar-refractivity contribution >= 4 is 50.5 Å². The number of nitrogens with one attached hydrogen (secondary N) is 1. The van der Waals surface area contributed by atoms with Crippen LogP contribution in [0.25, 0.3) is 0 Å². The molecule has 0 aromatic carbocycles. The van der Waals surface area contributed by atoms with Crippen molar-refractivity contribution in [3.63, 3.8) is 0 Å². The first-order valence-corrected chi connectivity index (χ1v) is 9.44. The Kier molecular flexibility index (Phi) is 4.90. The summed E-state index contributed by atoms with van der Waals surface area (Å²) in [6, 6.07) is 1.23. The van der Waals surface area contributed by atoms with Gasteiger partial charge in [0.2, 0.25) is 10.0 Å². The fourth-order valence-electron chi connectivity index (χ4n) is 2.70. The lowest BCUT2D eigenvalue weighted by Crippen LogP contribution is -2.56. The molecule has 1 heterocycles. The van der Waals surface area contributed by atoms with Gasteiger partial charge in [-0.25, -0.2) is 8.42 Å². The molecule has 9 heteroatoms. The molecular formula is C12H15Cl2NO4S2. The van der Waals surface area contributed by atoms with Gasteiger partial charge in [0.25, 0.3) is 0 Å². The number of carboxylic acids is 1. The highest BCUT2D eigenvalue weighted by Crippen LogP contribution is 2.37. The molecule has 5 nitrogen and oxygen atoms in total. The minimum absolute atomic E-state index is 0.0249. The van der Waals surface area contributed by atoms with Gasteiger partial charge in [-0.15, -0.1) is 11.3 Å². The predicted molar refractivity (Wildman–Crippen MR) is 82.7 cm³/mol. The van der Waals surface area contributed by atoms with Crippen LogP contribution in [0.3, 0.4) is 0 Å². The van der Waals surface area contributed by atoms with Crippen LogP contribution in [0.4, 0.5) is 0 Å². The van der Waals surface area contributed by atoms with Gasteiger partial charge in [0, 0.05) is 0 Å². The summed E-state index contributed by atoms with van der Waals surface area (Å²) in [6.45, 7) is 1.92. The van der Waals surface area contributed by atoms with E-state index in [1.54, 1.807) is 0 Å². The molecule has 0 saturated heterocycles. The third kappa shape index (κ3) is 3.53. The number of carbonyl (C=O) groups is 1. The summed E-state index contributed by atoms with van der Waals surface area (Å²) in [5, 5.41) is 9.51. The molecule has 2 N–H and O–H groups in total. The Morgan fingerprint density at radius 1 is 1.52 bits per heavy atom. The Bertz CT molecular complexity index is 658. The second kappa shape index (κ2) is 6.04. The molecule has 1 saturated carbocycles. The van der Waals surface area contributed by atoms with Gasteiger partial charge in [0.15, 0.2) is 0 Å². The molecule has 1 aromatic heterocycles. The number of thiophene rings is 1. The third-order valence-corrected chi connectivity index (χ3v) is 6.94. The number of sulfonamides is 1. The summed E-state index contributed by atoms with van der Waals surface area (Å²) >= 11 is 12.6. The lowest BCUT2D eigenvalue weighted by Gasteiger charge is -2.36. The first-order chi connectivity index (χ1) is 9.66. The van der Waals surface area contributed by atoms with E-state index in [4.69, 9.17) is 23.2 Å². The Hall–Kier alpha value is -0.340. The normalized spacial score (nSPS) is 26.7. The minimum Gasteiger partial charge on any atom is -0.480 e. The maximum Gasteiger partial charge on any atom is 0.324 e. The summed E-state index contributed by atoms with van der Waals surface area (Å²) < 4.78 is 27.5. The zero-order valence-corrected chi connectivity index (χ0v) is 14.4. The average Bonchev–Trinajstić information content (AvgIpc) is 2.68. The molecule has 118 valence electrons. The Morgan fingerprint density at radius 3 is 2.67 bits per heavy atom. The van der Waals surface area contributed by atoms with Crippen LogP contribution in [0.2, 0.25) is 8.67 Å². The largest absolute Gasteiger partial charge is 0.480 e. The molecule has 0 amide bonds. The van der Waals surface area contributed by atoms with E-state index < -0.39 is 21.5 Å². The van der Waals surface area contributed by atoms with Crippen molar-refractivity contribution in [2.45, 2.75) is 43.0 Å². The monoisotopic (exact) mass is 371 g/mol. The number of hydrogen-bond acceptors (Lipinski definition) is 4. The lowest BCUT2D eigenvalue weighted by molar-refractivity contribution is -0.146. The highest BCUT2D eigenvalue weighted by atomic mass is 35.5. The number of aliphatic carboxylic acids is 1. The second-order valence-electron chi connectivity index (χ2n) is 5.38. The molecule has 0 spiro atoms. The molecule has 2 rings (SSSR count). The summed E-state index contributed by atoms with van der Waals surface area (Å²) in [5.41, 5.74) is -1.48. The zero-order valence-electron chi connectivity index (χ0n) is 11.2. The Balaban J connectivity index is 2.36. The fourth-order valence-corrected chi connectivity index (χ4v) is 6.25. The van der Waals surface area contributed by atoms with Crippen molar-refractivity contribution in [3.05, 3.63) is 14.7 Å². The molecule has 1 fully saturated rings. The smallest absolute Gasteiger partial charge is 0.324 e. The average molecular weight is 372 g/mol. The summed E-state index contributed by atoms with van der Waals surface area (Å²) in [6.07, 6.45) is 2.08. The number of carboxylic acid groups (broad SMARTS) is 1. The van der Waals surface area contributed by atoms with Gasteiger partial charge in [-0.1, -0.05) is 43.0 Å². The molecule has 21 heavy (non-hydrogen) atoms. The summed E-state index contributed by atoms with van der Waals surface area (Å²) in [4.78, 5) is 11.5. The van der Waals surface area contributed by atoms with Crippen LogP contribution in [0, 0.1) is 5.92 Å². The van der Waals surface area contributed by atoms with Crippen LogP contribution < -0.4 is 4.72 Å². The zero-order chi connectivity index (χ0) is 15.8. The van der Waals surface area contributed by atoms with Gasteiger partial charge in [-0.3, -0.25) is 4.79 Å². The van der Waals surface area contributed by atoms with Crippen molar-refractivity contribution in [1.29, 1.82) is 0 Å². The maximum atomic E-state index is 12.4. The number of halogens is 2. The van der Waals surface area contributed by atoms with Crippen LogP contribution >= 0.6 is 34.5 Å². The number of rotatable bonds is 4. The van der Waals surface area contributed by atoms with E-state index in [0.29, 0.717) is 6.42 Å². The van der Waals surface area contributed by atoms with Crippen molar-refractivity contribution in [2.24, 2.45) is 5.92 Å². The molecule has 0 bridgehead atoms. The van der Waals surface area contributed by atoms with Crippen LogP contribution in [-0.4, -0.2) is 25.0 Å². The van der Waals surface area contributed by atoms with Crippen molar-refractivity contribution in [3.8, 4) is 0 Å². The maximum absolute atomic E-state index is 12.4. The second-order valence-corrected chi connectivity index (χ2v) is 9.32. The third-order valence-electron chi connectivity index (χ3n) is 3.65. The van der Waals surface area contributed by atoms with E-state index in [1.807, 2.05) is 6.92 Å². The van der Waals surface area contributed by atoms with Gasteiger partial charge >= 0.3 is 5.97 Å². The van der Waals surface area contributed by atoms with Gasteiger partial charge in [-0.05, 0) is 24.8 Å². The first kappa shape index (κ1) is 17.0. The highest BCUT2D eigenvalue weighted by molar-refractivity contribution is 7.90. The Labute approximate surface area is 137 Å². The van der Waals surface area contributed by atoms with Crippen LogP contribution in [0.1, 0.15) is 32.6 Å². The standard InChI is InChI=1S/C12H15Cl2NO4S2/c1-7-3-2-4-12(6-7,11(16)17)15-21(18,19)8-5-9(13)20-10(8)14/h5,7,15H,2-4,6H2,1H3,(H,16,17). The molecule has 2 unspecified atom stereocenters. The van der Waals surface area contributed by atoms with Crippen molar-refractivity contribution < 1.29 is 18.3 Å². The van der Waals surface area contributed by atoms with E-state index >= 15 is 0 Å². The number of hydrogen-bond donors (Lipinski definition) is 2. The van der Waals surface area contributed by atoms with E-state index in [9.17, 15) is 18.3 Å². The van der Waals surface area contributed by atoms with E-state index in [-0.39, 0.29) is 32.3 Å². The molecule has 1 aliphatic rings. The van der Waals surface area contributed by atoms with Crippen LogP contribution in [0.5, 0.6) is 0 Å². The van der Waals surface area contributed by atoms with Crippen molar-refractivity contribution in [2.75, 3.05) is 0 Å². The van der Waals surface area contributed by atoms with E-state index in [2.05, 4.69) is 4.72 Å². The fraction of sp³-hybridized carbons (Fsp3) is 0.583. The van der Waals surface area contributed by atoms with E-state index in [0.717, 1.165) is 17.8 Å². The molecule has 0 aliphatic heterocycles. The molecule has 0 radical (unpaired) electrons. The van der Waals surface area contributed by atoms with Crippen molar-refractivity contribution in [1.82, 2.24) is 4.72 Å².